The van der Waals surface area contributed by atoms with Crippen molar-refractivity contribution in [2.45, 2.75) is 6.42 Å². The van der Waals surface area contributed by atoms with Gasteiger partial charge in [-0.05, 0) is 12.0 Å². The molecule has 2 N–H and O–H groups in total. The number of anilines is 1. The average molecular weight is 256 g/mol. The van der Waals surface area contributed by atoms with Gasteiger partial charge in [0.25, 0.3) is 0 Å². The number of nitrogen functional groups attached to an aromatic ring is 1. The van der Waals surface area contributed by atoms with Crippen LogP contribution in [-0.2, 0) is 4.74 Å². The minimum absolute atomic E-state index is 0.0254. The molecule has 17 heavy (non-hydrogen) atoms. The third-order valence-corrected chi connectivity index (χ3v) is 2.63. The van der Waals surface area contributed by atoms with Crippen LogP contribution in [0.2, 0.25) is 5.15 Å². The highest BCUT2D eigenvalue weighted by atomic mass is 35.5. The van der Waals surface area contributed by atoms with E-state index in [2.05, 4.69) is 4.98 Å². The molecule has 2 heterocycles. The van der Waals surface area contributed by atoms with Gasteiger partial charge in [0.2, 0.25) is 0 Å². The van der Waals surface area contributed by atoms with Crippen molar-refractivity contribution in [1.29, 1.82) is 0 Å². The van der Waals surface area contributed by atoms with Gasteiger partial charge in [-0.15, -0.1) is 0 Å². The van der Waals surface area contributed by atoms with Crippen molar-refractivity contribution in [2.24, 2.45) is 0 Å². The number of ether oxygens (including phenoxy) is 1. The third kappa shape index (κ3) is 2.37. The topological polar surface area (TPSA) is 91.3 Å². The third-order valence-electron chi connectivity index (χ3n) is 2.44. The molecule has 0 fully saturated rings. The van der Waals surface area contributed by atoms with Gasteiger partial charge in [-0.3, -0.25) is 10.1 Å². The summed E-state index contributed by atoms with van der Waals surface area (Å²) in [7, 11) is 0. The lowest BCUT2D eigenvalue weighted by Gasteiger charge is -2.13. The molecule has 1 aliphatic heterocycles. The summed E-state index contributed by atoms with van der Waals surface area (Å²) < 4.78 is 5.14. The fraction of sp³-hybridized carbons (Fsp3) is 0.300. The molecule has 0 aromatic carbocycles. The van der Waals surface area contributed by atoms with E-state index in [0.717, 1.165) is 5.57 Å². The Morgan fingerprint density at radius 1 is 1.59 bits per heavy atom. The van der Waals surface area contributed by atoms with Gasteiger partial charge >= 0.3 is 5.69 Å². The van der Waals surface area contributed by atoms with E-state index in [1.54, 1.807) is 6.08 Å². The molecule has 0 saturated carbocycles. The molecule has 2 rings (SSSR count). The van der Waals surface area contributed by atoms with Gasteiger partial charge in [-0.25, -0.2) is 4.98 Å². The first kappa shape index (κ1) is 11.8. The number of halogens is 1. The number of rotatable bonds is 2. The molecule has 0 spiro atoms. The molecule has 0 atom stereocenters. The molecular formula is C10H10ClN3O3. The second kappa shape index (κ2) is 4.68. The van der Waals surface area contributed by atoms with Gasteiger partial charge in [-0.2, -0.15) is 0 Å². The van der Waals surface area contributed by atoms with Gasteiger partial charge < -0.3 is 10.5 Å². The molecule has 1 aliphatic rings. The maximum absolute atomic E-state index is 11.0. The summed E-state index contributed by atoms with van der Waals surface area (Å²) in [5, 5.41) is 11.1. The highest BCUT2D eigenvalue weighted by Crippen LogP contribution is 2.34. The minimum atomic E-state index is -0.537. The fourth-order valence-electron chi connectivity index (χ4n) is 1.68. The molecule has 7 heteroatoms. The minimum Gasteiger partial charge on any atom is -0.393 e. The summed E-state index contributed by atoms with van der Waals surface area (Å²) in [6.07, 6.45) is 2.32. The van der Waals surface area contributed by atoms with Gasteiger partial charge in [0.1, 0.15) is 16.5 Å². The zero-order valence-corrected chi connectivity index (χ0v) is 9.61. The van der Waals surface area contributed by atoms with Crippen molar-refractivity contribution in [3.05, 3.63) is 33.1 Å². The molecule has 0 amide bonds. The van der Waals surface area contributed by atoms with Crippen LogP contribution in [0, 0.1) is 10.1 Å². The first-order chi connectivity index (χ1) is 8.09. The van der Waals surface area contributed by atoms with E-state index in [9.17, 15) is 10.1 Å². The van der Waals surface area contributed by atoms with E-state index in [0.29, 0.717) is 19.6 Å². The normalized spacial score (nSPS) is 15.5. The number of nitro groups is 1. The van der Waals surface area contributed by atoms with Gasteiger partial charge in [0.15, 0.2) is 0 Å². The van der Waals surface area contributed by atoms with Crippen LogP contribution in [0.25, 0.3) is 5.57 Å². The molecule has 1 aromatic heterocycles. The molecule has 0 aliphatic carbocycles. The van der Waals surface area contributed by atoms with Crippen LogP contribution < -0.4 is 5.73 Å². The Morgan fingerprint density at radius 3 is 2.94 bits per heavy atom. The second-order valence-corrected chi connectivity index (χ2v) is 3.93. The monoisotopic (exact) mass is 255 g/mol. The fourth-order valence-corrected chi connectivity index (χ4v) is 1.89. The Labute approximate surface area is 102 Å². The van der Waals surface area contributed by atoms with Crippen LogP contribution in [0.15, 0.2) is 12.1 Å². The highest BCUT2D eigenvalue weighted by molar-refractivity contribution is 6.29. The first-order valence-electron chi connectivity index (χ1n) is 4.97. The lowest BCUT2D eigenvalue weighted by molar-refractivity contribution is -0.384. The number of aromatic nitrogens is 1. The number of nitrogens with two attached hydrogens (primary N) is 1. The van der Waals surface area contributed by atoms with Crippen molar-refractivity contribution < 1.29 is 9.66 Å². The van der Waals surface area contributed by atoms with Gasteiger partial charge in [0, 0.05) is 6.07 Å². The van der Waals surface area contributed by atoms with E-state index >= 15 is 0 Å². The highest BCUT2D eigenvalue weighted by Gasteiger charge is 2.24. The van der Waals surface area contributed by atoms with Crippen molar-refractivity contribution in [3.63, 3.8) is 0 Å². The van der Waals surface area contributed by atoms with Crippen LogP contribution in [-0.4, -0.2) is 23.1 Å². The number of hydrogen-bond donors (Lipinski definition) is 1. The van der Waals surface area contributed by atoms with E-state index in [1.165, 1.54) is 6.07 Å². The van der Waals surface area contributed by atoms with Crippen LogP contribution in [0.3, 0.4) is 0 Å². The van der Waals surface area contributed by atoms with Crippen molar-refractivity contribution in [1.82, 2.24) is 4.98 Å². The molecule has 0 bridgehead atoms. The molecule has 0 unspecified atom stereocenters. The first-order valence-corrected chi connectivity index (χ1v) is 5.35. The quantitative estimate of drug-likeness (QED) is 0.496. The zero-order valence-electron chi connectivity index (χ0n) is 8.85. The zero-order chi connectivity index (χ0) is 12.4. The maximum atomic E-state index is 11.0. The maximum Gasteiger partial charge on any atom is 0.317 e. The van der Waals surface area contributed by atoms with Crippen molar-refractivity contribution in [2.75, 3.05) is 18.9 Å². The Hall–Kier alpha value is -1.66. The van der Waals surface area contributed by atoms with Crippen molar-refractivity contribution >= 4 is 28.5 Å². The predicted octanol–water partition coefficient (Wildman–Crippen LogP) is 2.03. The van der Waals surface area contributed by atoms with E-state index in [1.807, 2.05) is 0 Å². The smallest absolute Gasteiger partial charge is 0.317 e. The van der Waals surface area contributed by atoms with Gasteiger partial charge in [0.05, 0.1) is 18.1 Å². The number of pyridine rings is 1. The van der Waals surface area contributed by atoms with Crippen molar-refractivity contribution in [3.8, 4) is 0 Å². The van der Waals surface area contributed by atoms with Crippen LogP contribution in [0.4, 0.5) is 11.4 Å². The summed E-state index contributed by atoms with van der Waals surface area (Å²) >= 11 is 5.77. The number of hydrogen-bond acceptors (Lipinski definition) is 5. The van der Waals surface area contributed by atoms with E-state index < -0.39 is 4.92 Å². The Kier molecular flexibility index (Phi) is 3.26. The lowest BCUT2D eigenvalue weighted by Crippen LogP contribution is -2.08. The molecule has 90 valence electrons. The number of nitrogens with zero attached hydrogens (tertiary/aromatic N) is 2. The summed E-state index contributed by atoms with van der Waals surface area (Å²) in [5.74, 6) is 0. The molecular weight excluding hydrogens is 246 g/mol. The summed E-state index contributed by atoms with van der Waals surface area (Å²) in [5.41, 5.74) is 6.43. The van der Waals surface area contributed by atoms with Crippen LogP contribution >= 0.6 is 11.6 Å². The predicted molar refractivity (Wildman–Crippen MR) is 63.7 cm³/mol. The van der Waals surface area contributed by atoms with Crippen LogP contribution in [0.1, 0.15) is 12.1 Å². The second-order valence-electron chi connectivity index (χ2n) is 3.54. The summed E-state index contributed by atoms with van der Waals surface area (Å²) in [6.45, 7) is 0.928. The largest absolute Gasteiger partial charge is 0.393 e. The van der Waals surface area contributed by atoms with Gasteiger partial charge in [-0.1, -0.05) is 17.7 Å². The van der Waals surface area contributed by atoms with E-state index in [-0.39, 0.29) is 22.2 Å². The van der Waals surface area contributed by atoms with E-state index in [4.69, 9.17) is 22.1 Å². The molecule has 6 nitrogen and oxygen atoms in total. The Balaban J connectivity index is 2.58. The average Bonchev–Trinajstić information content (AvgIpc) is 2.28. The lowest BCUT2D eigenvalue weighted by atomic mass is 10.0. The summed E-state index contributed by atoms with van der Waals surface area (Å²) in [6, 6.07) is 1.28. The Morgan fingerprint density at radius 2 is 2.35 bits per heavy atom. The molecule has 1 aromatic rings. The van der Waals surface area contributed by atoms with Crippen LogP contribution in [0.5, 0.6) is 0 Å². The SMILES string of the molecule is Nc1cc(Cl)nc(C2=CCOCC2)c1[N+](=O)[O-]. The Bertz CT molecular complexity index is 502. The summed E-state index contributed by atoms with van der Waals surface area (Å²) in [4.78, 5) is 14.4. The molecule has 0 saturated heterocycles. The standard InChI is InChI=1S/C10H10ClN3O3/c11-8-5-7(12)10(14(15)16)9(13-8)6-1-3-17-4-2-6/h1,5H,2-4H2,(H2,12,13). The molecule has 0 radical (unpaired) electrons.